The van der Waals surface area contributed by atoms with E-state index in [-0.39, 0.29) is 0 Å². The molecule has 0 atom stereocenters. The number of hydrogen-bond acceptors (Lipinski definition) is 5. The number of fused-ring (bicyclic) bond motifs is 5. The third-order valence-corrected chi connectivity index (χ3v) is 20.9. The van der Waals surface area contributed by atoms with Gasteiger partial charge >= 0.3 is 0 Å². The van der Waals surface area contributed by atoms with Crippen LogP contribution in [0.25, 0.3) is 111 Å². The summed E-state index contributed by atoms with van der Waals surface area (Å²) >= 11 is 0. The molecule has 0 amide bonds. The molecule has 0 bridgehead atoms. The smallest absolute Gasteiger partial charge is 0.232 e. The Hall–Kier alpha value is -11.1. The van der Waals surface area contributed by atoms with Crippen LogP contribution in [0.1, 0.15) is 106 Å². The maximum atomic E-state index is 4.70. The topological polar surface area (TPSA) is 83.8 Å². The zero-order valence-corrected chi connectivity index (χ0v) is 65.9. The van der Waals surface area contributed by atoms with Crippen LogP contribution in [0, 0.1) is 132 Å². The van der Waals surface area contributed by atoms with Crippen molar-refractivity contribution in [3.63, 3.8) is 0 Å². The Morgan fingerprint density at radius 2 is 0.558 bits per heavy atom. The van der Waals surface area contributed by atoms with Crippen molar-refractivity contribution in [2.24, 2.45) is 35.2 Å². The lowest BCUT2D eigenvalue weighted by Gasteiger charge is -2.13. The standard InChI is InChI=1S/4C19H21N2.C18H19N2/c1-12-6-7-16-18(10-12)20-11-21(5)19(16)17-9-13(2)8-14(3)15(17)4;1-12-6-7-18-17(9-12)19(21(5)11-20-18)16-10-13(2)8-14(3)15(16)4;1-12-9-14(3)15(4)17(10-12)19-16-8-6-7-13(2)18(16)20-11-21(19)5;1-12-10-13(2)14(3)17(11-12)19-16-8-6-7-9-18(16)20-15(4)21(19)5;1-12-9-13(2)14(3)16(10-12)18-15-7-5-6-8-17(15)19-11-20(18)4/h4*6-11H,1-5H3;5-11H,1-4H3/q5*+1. The Balaban J connectivity index is 0.000000130. The predicted molar refractivity (Wildman–Crippen MR) is 432 cm³/mol. The van der Waals surface area contributed by atoms with E-state index in [0.29, 0.717) is 0 Å². The van der Waals surface area contributed by atoms with Gasteiger partial charge in [0.25, 0.3) is 31.1 Å². The van der Waals surface area contributed by atoms with Gasteiger partial charge in [-0.05, 0) is 296 Å². The van der Waals surface area contributed by atoms with E-state index in [9.17, 15) is 0 Å². The summed E-state index contributed by atoms with van der Waals surface area (Å²) in [6.45, 7) is 41.1. The third kappa shape index (κ3) is 15.3. The number of nitrogens with zero attached hydrogens (tertiary/aromatic N) is 10. The summed E-state index contributed by atoms with van der Waals surface area (Å²) in [4.78, 5) is 22.9. The molecule has 0 aliphatic rings. The second-order valence-corrected chi connectivity index (χ2v) is 29.2. The minimum atomic E-state index is 1.03. The largest absolute Gasteiger partial charge is 0.296 e. The van der Waals surface area contributed by atoms with Crippen molar-refractivity contribution in [1.82, 2.24) is 24.9 Å². The molecular formula is C94H103N10+5. The van der Waals surface area contributed by atoms with E-state index >= 15 is 0 Å². The fourth-order valence-corrected chi connectivity index (χ4v) is 14.7. The lowest BCUT2D eigenvalue weighted by molar-refractivity contribution is -0.668. The molecule has 524 valence electrons. The third-order valence-electron chi connectivity index (χ3n) is 20.9. The second-order valence-electron chi connectivity index (χ2n) is 29.2. The average Bonchev–Trinajstić information content (AvgIpc) is 0.794. The summed E-state index contributed by atoms with van der Waals surface area (Å²) in [6.07, 6.45) is 7.63. The zero-order chi connectivity index (χ0) is 74.9. The summed E-state index contributed by atoms with van der Waals surface area (Å²) < 4.78 is 10.7. The SMILES string of the molecule is Cc1cc(C)c(C)c(-c2c3cc(C)ccc3nc[n+]2C)c1.Cc1cc(C)c(C)c(-c2c3ccc(C)cc3nc[n+]2C)c1.Cc1cc(C)c(C)c(-c2c3cccc(C)c3nc[n+]2C)c1.Cc1cc(C)c(C)c(-c2c3ccccc3nc(C)[n+]2C)c1.Cc1cc(C)c(C)c(-c2c3ccccc3nc[n+]2C)c1. The van der Waals surface area contributed by atoms with Gasteiger partial charge in [-0.3, -0.25) is 0 Å². The number of para-hydroxylation sites is 3. The molecule has 0 spiro atoms. The van der Waals surface area contributed by atoms with Crippen LogP contribution in [-0.4, -0.2) is 24.9 Å². The Morgan fingerprint density at radius 3 is 1.01 bits per heavy atom. The normalized spacial score (nSPS) is 11.1. The van der Waals surface area contributed by atoms with Gasteiger partial charge in [-0.15, -0.1) is 0 Å². The van der Waals surface area contributed by atoms with Gasteiger partial charge in [0, 0.05) is 40.3 Å². The Labute approximate surface area is 616 Å². The minimum absolute atomic E-state index is 1.03. The van der Waals surface area contributed by atoms with Crippen LogP contribution in [0.3, 0.4) is 0 Å². The van der Waals surface area contributed by atoms with E-state index in [1.807, 2.05) is 37.4 Å². The molecule has 10 aromatic carbocycles. The molecular weight excluding hydrogens is 1270 g/mol. The van der Waals surface area contributed by atoms with E-state index in [0.717, 1.165) is 33.4 Å². The number of hydrogen-bond donors (Lipinski definition) is 0. The Bertz CT molecular complexity index is 5780. The highest BCUT2D eigenvalue weighted by Gasteiger charge is 2.25. The highest BCUT2D eigenvalue weighted by Crippen LogP contribution is 2.36. The molecule has 10 heteroatoms. The first-order valence-electron chi connectivity index (χ1n) is 36.1. The summed E-state index contributed by atoms with van der Waals surface area (Å²) in [6, 6.07) is 58.6. The maximum Gasteiger partial charge on any atom is 0.296 e. The van der Waals surface area contributed by atoms with Gasteiger partial charge in [-0.2, -0.15) is 0 Å². The van der Waals surface area contributed by atoms with Crippen LogP contribution < -0.4 is 22.8 Å². The molecule has 5 heterocycles. The second kappa shape index (κ2) is 30.8. The highest BCUT2D eigenvalue weighted by molar-refractivity contribution is 5.96. The van der Waals surface area contributed by atoms with Crippen molar-refractivity contribution in [2.45, 2.75) is 132 Å². The molecule has 5 aromatic heterocycles. The van der Waals surface area contributed by atoms with Crippen molar-refractivity contribution in [3.05, 3.63) is 295 Å². The highest BCUT2D eigenvalue weighted by atomic mass is 15.0. The van der Waals surface area contributed by atoms with Gasteiger partial charge < -0.3 is 0 Å². The molecule has 15 aromatic rings. The van der Waals surface area contributed by atoms with Gasteiger partial charge in [-0.25, -0.2) is 22.8 Å². The minimum Gasteiger partial charge on any atom is -0.232 e. The zero-order valence-electron chi connectivity index (χ0n) is 65.9. The quantitative estimate of drug-likeness (QED) is 0.160. The molecule has 0 unspecified atom stereocenters. The number of benzene rings is 10. The predicted octanol–water partition coefficient (Wildman–Crippen LogP) is 19.5. The van der Waals surface area contributed by atoms with Crippen molar-refractivity contribution in [3.8, 4) is 56.3 Å². The monoisotopic (exact) mass is 1370 g/mol. The first-order chi connectivity index (χ1) is 49.5. The van der Waals surface area contributed by atoms with Crippen LogP contribution in [0.15, 0.2) is 189 Å². The molecule has 10 nitrogen and oxygen atoms in total. The molecule has 104 heavy (non-hydrogen) atoms. The summed E-state index contributed by atoms with van der Waals surface area (Å²) in [7, 11) is 10.4. The number of rotatable bonds is 5. The van der Waals surface area contributed by atoms with Gasteiger partial charge in [0.05, 0.1) is 62.2 Å². The van der Waals surface area contributed by atoms with E-state index in [1.54, 1.807) is 0 Å². The van der Waals surface area contributed by atoms with Crippen molar-refractivity contribution >= 4 is 54.5 Å². The fraction of sp³-hybridized carbons (Fsp3) is 0.255. The van der Waals surface area contributed by atoms with Gasteiger partial charge in [-0.1, -0.05) is 112 Å². The molecule has 0 N–H and O–H groups in total. The molecule has 0 saturated carbocycles. The molecule has 0 radical (unpaired) electrons. The van der Waals surface area contributed by atoms with Crippen LogP contribution >= 0.6 is 0 Å². The fourth-order valence-electron chi connectivity index (χ4n) is 14.7. The average molecular weight is 1370 g/mol. The van der Waals surface area contributed by atoms with Crippen molar-refractivity contribution < 1.29 is 22.8 Å². The van der Waals surface area contributed by atoms with Gasteiger partial charge in [0.1, 0.15) is 28.5 Å². The summed E-state index contributed by atoms with van der Waals surface area (Å²) in [5, 5.41) is 6.05. The van der Waals surface area contributed by atoms with E-state index in [4.69, 9.17) is 4.98 Å². The summed E-state index contributed by atoms with van der Waals surface area (Å²) in [5.74, 6) is 1.03. The Kier molecular flexibility index (Phi) is 22.0. The van der Waals surface area contributed by atoms with Gasteiger partial charge in [0.2, 0.25) is 0 Å². The summed E-state index contributed by atoms with van der Waals surface area (Å²) in [5.41, 5.74) is 41.6. The van der Waals surface area contributed by atoms with Crippen LogP contribution in [0.5, 0.6) is 0 Å². The van der Waals surface area contributed by atoms with Crippen LogP contribution in [0.4, 0.5) is 0 Å². The maximum absolute atomic E-state index is 4.70. The Morgan fingerprint density at radius 1 is 0.231 bits per heavy atom. The molecule has 15 rings (SSSR count). The van der Waals surface area contributed by atoms with Crippen molar-refractivity contribution in [1.29, 1.82) is 0 Å². The molecule has 0 fully saturated rings. The first-order valence-corrected chi connectivity index (χ1v) is 36.1. The lowest BCUT2D eigenvalue weighted by atomic mass is 9.95. The van der Waals surface area contributed by atoms with E-state index in [2.05, 4.69) is 361 Å². The van der Waals surface area contributed by atoms with Crippen molar-refractivity contribution in [2.75, 3.05) is 0 Å². The van der Waals surface area contributed by atoms with E-state index in [1.165, 1.54) is 183 Å². The molecule has 0 aliphatic heterocycles. The number of aromatic nitrogens is 10. The number of aryl methyl sites for hydroxylation is 18. The lowest BCUT2D eigenvalue weighted by Crippen LogP contribution is -2.36. The van der Waals surface area contributed by atoms with Gasteiger partial charge in [0.15, 0.2) is 27.6 Å². The molecule has 0 saturated heterocycles. The molecule has 0 aliphatic carbocycles. The van der Waals surface area contributed by atoms with Crippen LogP contribution in [0.2, 0.25) is 0 Å². The van der Waals surface area contributed by atoms with E-state index < -0.39 is 0 Å². The van der Waals surface area contributed by atoms with Crippen LogP contribution in [-0.2, 0) is 35.2 Å². The first kappa shape index (κ1) is 74.1.